The molecule has 1 aliphatic heterocycles. The third-order valence-electron chi connectivity index (χ3n) is 3.42. The van der Waals surface area contributed by atoms with E-state index in [2.05, 4.69) is 20.9 Å². The van der Waals surface area contributed by atoms with E-state index in [1.54, 1.807) is 12.3 Å². The Hall–Kier alpha value is -1.14. The Morgan fingerprint density at radius 1 is 1.47 bits per heavy atom. The Labute approximate surface area is 120 Å². The van der Waals surface area contributed by atoms with Gasteiger partial charge in [0.1, 0.15) is 11.4 Å². The van der Waals surface area contributed by atoms with Gasteiger partial charge in [-0.15, -0.1) is 0 Å². The smallest absolute Gasteiger partial charge is 0.339 e. The molecule has 1 aromatic heterocycles. The molecule has 6 heteroatoms. The number of hydrogen-bond donors (Lipinski definition) is 2. The molecular weight excluding hydrogens is 312 g/mol. The first kappa shape index (κ1) is 14.3. The van der Waals surface area contributed by atoms with E-state index in [0.29, 0.717) is 10.3 Å². The van der Waals surface area contributed by atoms with Crippen LogP contribution in [0, 0.1) is 0 Å². The summed E-state index contributed by atoms with van der Waals surface area (Å²) in [6, 6.07) is 1.51. The van der Waals surface area contributed by atoms with Gasteiger partial charge in [-0.2, -0.15) is 0 Å². The van der Waals surface area contributed by atoms with Gasteiger partial charge in [0.25, 0.3) is 0 Å². The summed E-state index contributed by atoms with van der Waals surface area (Å²) >= 11 is 3.24. The van der Waals surface area contributed by atoms with Crippen molar-refractivity contribution in [3.05, 3.63) is 22.3 Å². The van der Waals surface area contributed by atoms with Gasteiger partial charge in [0.2, 0.25) is 0 Å². The maximum Gasteiger partial charge on any atom is 0.339 e. The van der Waals surface area contributed by atoms with Crippen LogP contribution in [0.2, 0.25) is 0 Å². The summed E-state index contributed by atoms with van der Waals surface area (Å²) in [5, 5.41) is 18.8. The second kappa shape index (κ2) is 6.34. The van der Waals surface area contributed by atoms with Crippen molar-refractivity contribution in [3.8, 4) is 0 Å². The maximum atomic E-state index is 11.3. The molecule has 0 saturated carbocycles. The number of anilines is 1. The number of pyridine rings is 1. The van der Waals surface area contributed by atoms with Crippen LogP contribution < -0.4 is 4.90 Å². The van der Waals surface area contributed by atoms with Gasteiger partial charge in [-0.25, -0.2) is 9.78 Å². The monoisotopic (exact) mass is 328 g/mol. The van der Waals surface area contributed by atoms with Gasteiger partial charge in [0, 0.05) is 17.2 Å². The van der Waals surface area contributed by atoms with Gasteiger partial charge < -0.3 is 15.1 Å². The summed E-state index contributed by atoms with van der Waals surface area (Å²) in [6.45, 7) is 0.761. The number of nitrogens with zero attached hydrogens (tertiary/aromatic N) is 2. The maximum absolute atomic E-state index is 11.3. The molecule has 1 unspecified atom stereocenters. The minimum absolute atomic E-state index is 0.0246. The van der Waals surface area contributed by atoms with E-state index in [-0.39, 0.29) is 18.2 Å². The standard InChI is InChI=1S/C13H17BrN2O3/c14-9-6-11(13(18)19)12(15-7-9)16-5-3-1-2-4-10(16)8-17/h6-7,10,17H,1-5,8H2,(H,18,19). The van der Waals surface area contributed by atoms with E-state index < -0.39 is 5.97 Å². The van der Waals surface area contributed by atoms with Crippen LogP contribution in [0.4, 0.5) is 5.82 Å². The SMILES string of the molecule is O=C(O)c1cc(Br)cnc1N1CCCCCC1CO. The number of halogens is 1. The number of hydrogen-bond acceptors (Lipinski definition) is 4. The predicted molar refractivity (Wildman–Crippen MR) is 75.6 cm³/mol. The second-order valence-electron chi connectivity index (χ2n) is 4.71. The van der Waals surface area contributed by atoms with Gasteiger partial charge in [-0.1, -0.05) is 12.8 Å². The number of aliphatic hydroxyl groups excluding tert-OH is 1. The zero-order chi connectivity index (χ0) is 13.8. The van der Waals surface area contributed by atoms with Crippen LogP contribution >= 0.6 is 15.9 Å². The second-order valence-corrected chi connectivity index (χ2v) is 5.62. The summed E-state index contributed by atoms with van der Waals surface area (Å²) < 4.78 is 0.643. The van der Waals surface area contributed by atoms with Crippen molar-refractivity contribution in [1.82, 2.24) is 4.98 Å². The lowest BCUT2D eigenvalue weighted by Gasteiger charge is -2.30. The molecule has 1 aliphatic rings. The van der Waals surface area contributed by atoms with Crippen molar-refractivity contribution >= 4 is 27.7 Å². The van der Waals surface area contributed by atoms with Crippen molar-refractivity contribution in [1.29, 1.82) is 0 Å². The lowest BCUT2D eigenvalue weighted by Crippen LogP contribution is -2.39. The molecule has 19 heavy (non-hydrogen) atoms. The Balaban J connectivity index is 2.40. The summed E-state index contributed by atoms with van der Waals surface area (Å²) in [5.41, 5.74) is 0.176. The quantitative estimate of drug-likeness (QED) is 0.890. The van der Waals surface area contributed by atoms with E-state index in [4.69, 9.17) is 0 Å². The molecule has 0 radical (unpaired) electrons. The lowest BCUT2D eigenvalue weighted by molar-refractivity contribution is 0.0696. The fraction of sp³-hybridized carbons (Fsp3) is 0.538. The van der Waals surface area contributed by atoms with Crippen LogP contribution in [0.1, 0.15) is 36.0 Å². The van der Waals surface area contributed by atoms with Gasteiger partial charge in [0.15, 0.2) is 0 Å². The average Bonchev–Trinajstić information content (AvgIpc) is 2.63. The molecule has 0 spiro atoms. The molecule has 2 heterocycles. The first-order valence-electron chi connectivity index (χ1n) is 6.40. The van der Waals surface area contributed by atoms with E-state index in [1.165, 1.54) is 0 Å². The summed E-state index contributed by atoms with van der Waals surface area (Å²) in [6.07, 6.45) is 5.62. The molecule has 0 aromatic carbocycles. The molecule has 2 rings (SSSR count). The van der Waals surface area contributed by atoms with Crippen LogP contribution in [0.15, 0.2) is 16.7 Å². The van der Waals surface area contributed by atoms with E-state index in [0.717, 1.165) is 32.2 Å². The number of aromatic nitrogens is 1. The zero-order valence-corrected chi connectivity index (χ0v) is 12.1. The van der Waals surface area contributed by atoms with E-state index >= 15 is 0 Å². The number of carboxylic acids is 1. The highest BCUT2D eigenvalue weighted by atomic mass is 79.9. The zero-order valence-electron chi connectivity index (χ0n) is 10.5. The molecule has 2 N–H and O–H groups in total. The predicted octanol–water partition coefficient (Wildman–Crippen LogP) is 2.28. The number of aliphatic hydroxyl groups is 1. The Bertz CT molecular complexity index is 467. The van der Waals surface area contributed by atoms with E-state index in [9.17, 15) is 15.0 Å². The molecule has 5 nitrogen and oxygen atoms in total. The number of carboxylic acid groups (broad SMARTS) is 1. The van der Waals surface area contributed by atoms with Crippen LogP contribution in [-0.4, -0.2) is 40.4 Å². The third kappa shape index (κ3) is 3.25. The Morgan fingerprint density at radius 2 is 2.26 bits per heavy atom. The summed E-state index contributed by atoms with van der Waals surface area (Å²) in [5.74, 6) is -0.540. The minimum atomic E-state index is -0.996. The summed E-state index contributed by atoms with van der Waals surface area (Å²) in [4.78, 5) is 17.5. The highest BCUT2D eigenvalue weighted by molar-refractivity contribution is 9.10. The highest BCUT2D eigenvalue weighted by Gasteiger charge is 2.25. The molecule has 1 atom stereocenters. The van der Waals surface area contributed by atoms with Gasteiger partial charge >= 0.3 is 5.97 Å². The molecule has 0 bridgehead atoms. The highest BCUT2D eigenvalue weighted by Crippen LogP contribution is 2.27. The van der Waals surface area contributed by atoms with Crippen molar-refractivity contribution in [2.24, 2.45) is 0 Å². The molecular formula is C13H17BrN2O3. The van der Waals surface area contributed by atoms with Crippen LogP contribution in [0.5, 0.6) is 0 Å². The van der Waals surface area contributed by atoms with Gasteiger partial charge in [-0.05, 0) is 34.8 Å². The minimum Gasteiger partial charge on any atom is -0.478 e. The molecule has 0 aliphatic carbocycles. The Morgan fingerprint density at radius 3 is 2.95 bits per heavy atom. The van der Waals surface area contributed by atoms with Gasteiger partial charge in [-0.3, -0.25) is 0 Å². The van der Waals surface area contributed by atoms with Crippen LogP contribution in [0.3, 0.4) is 0 Å². The number of carbonyl (C=O) groups is 1. The normalized spacial score (nSPS) is 20.1. The first-order valence-corrected chi connectivity index (χ1v) is 7.19. The Kier molecular flexibility index (Phi) is 4.76. The fourth-order valence-corrected chi connectivity index (χ4v) is 2.80. The molecule has 0 amide bonds. The number of rotatable bonds is 3. The number of aromatic carboxylic acids is 1. The van der Waals surface area contributed by atoms with Crippen molar-refractivity contribution in [2.75, 3.05) is 18.1 Å². The molecule has 104 valence electrons. The van der Waals surface area contributed by atoms with Crippen LogP contribution in [-0.2, 0) is 0 Å². The van der Waals surface area contributed by atoms with Gasteiger partial charge in [0.05, 0.1) is 12.6 Å². The lowest BCUT2D eigenvalue weighted by atomic mass is 10.1. The molecule has 1 fully saturated rings. The average molecular weight is 329 g/mol. The topological polar surface area (TPSA) is 73.7 Å². The summed E-state index contributed by atoms with van der Waals surface area (Å²) in [7, 11) is 0. The van der Waals surface area contributed by atoms with Crippen molar-refractivity contribution in [2.45, 2.75) is 31.7 Å². The van der Waals surface area contributed by atoms with Crippen molar-refractivity contribution in [3.63, 3.8) is 0 Å². The third-order valence-corrected chi connectivity index (χ3v) is 3.86. The molecule has 1 saturated heterocycles. The van der Waals surface area contributed by atoms with Crippen molar-refractivity contribution < 1.29 is 15.0 Å². The fourth-order valence-electron chi connectivity index (χ4n) is 2.46. The molecule has 1 aromatic rings. The largest absolute Gasteiger partial charge is 0.478 e. The van der Waals surface area contributed by atoms with Crippen LogP contribution in [0.25, 0.3) is 0 Å². The first-order chi connectivity index (χ1) is 9.13. The van der Waals surface area contributed by atoms with E-state index in [1.807, 2.05) is 4.90 Å².